The van der Waals surface area contributed by atoms with Crippen LogP contribution in [0.15, 0.2) is 0 Å². The lowest BCUT2D eigenvalue weighted by atomic mass is 9.93. The van der Waals surface area contributed by atoms with Crippen LogP contribution >= 0.6 is 7.75 Å². The molecule has 84 valence electrons. The highest BCUT2D eigenvalue weighted by Gasteiger charge is 2.31. The highest BCUT2D eigenvalue weighted by atomic mass is 31.2. The summed E-state index contributed by atoms with van der Waals surface area (Å²) in [7, 11) is -0.545. The minimum absolute atomic E-state index is 0.186. The number of rotatable bonds is 4. The van der Waals surface area contributed by atoms with E-state index in [1.807, 2.05) is 0 Å². The Bertz CT molecular complexity index is 215. The predicted octanol–water partition coefficient (Wildman–Crippen LogP) is 1.28. The molecule has 0 aromatic heterocycles. The van der Waals surface area contributed by atoms with Gasteiger partial charge in [-0.3, -0.25) is 0 Å². The van der Waals surface area contributed by atoms with Crippen molar-refractivity contribution in [3.8, 4) is 0 Å². The van der Waals surface area contributed by atoms with Gasteiger partial charge in [-0.05, 0) is 12.8 Å². The van der Waals surface area contributed by atoms with E-state index < -0.39 is 13.9 Å². The Morgan fingerprint density at radius 3 is 2.36 bits per heavy atom. The van der Waals surface area contributed by atoms with Crippen molar-refractivity contribution >= 4 is 7.75 Å². The maximum Gasteiger partial charge on any atom is 0.405 e. The van der Waals surface area contributed by atoms with Gasteiger partial charge in [0.05, 0.1) is 6.10 Å². The fourth-order valence-corrected chi connectivity index (χ4v) is 2.71. The van der Waals surface area contributed by atoms with Crippen LogP contribution < -0.4 is 5.09 Å². The summed E-state index contributed by atoms with van der Waals surface area (Å²) in [4.78, 5) is 0. The summed E-state index contributed by atoms with van der Waals surface area (Å²) in [6.07, 6.45) is 3.14. The minimum atomic E-state index is -3.20. The second-order valence-corrected chi connectivity index (χ2v) is 5.43. The van der Waals surface area contributed by atoms with Gasteiger partial charge in [0.2, 0.25) is 0 Å². The van der Waals surface area contributed by atoms with Crippen LogP contribution in [-0.2, 0) is 13.6 Å². The van der Waals surface area contributed by atoms with E-state index in [2.05, 4.69) is 5.09 Å². The first-order chi connectivity index (χ1) is 6.61. The lowest BCUT2D eigenvalue weighted by molar-refractivity contribution is 0.0950. The van der Waals surface area contributed by atoms with E-state index in [0.29, 0.717) is 0 Å². The highest BCUT2D eigenvalue weighted by Crippen LogP contribution is 2.43. The Morgan fingerprint density at radius 2 is 1.86 bits per heavy atom. The molecule has 1 rings (SSSR count). The second kappa shape index (κ2) is 5.24. The molecular weight excluding hydrogens is 205 g/mol. The standard InChI is InChI=1S/C8H18NO4P/c1-12-14(11,13-2)9-7-5-3-4-6-8(7)10/h7-8,10H,3-6H2,1-2H3,(H,9,11). The molecule has 1 aliphatic rings. The molecule has 0 aromatic carbocycles. The molecule has 0 bridgehead atoms. The van der Waals surface area contributed by atoms with Crippen molar-refractivity contribution < 1.29 is 18.7 Å². The van der Waals surface area contributed by atoms with Crippen molar-refractivity contribution in [1.29, 1.82) is 0 Å². The minimum Gasteiger partial charge on any atom is -0.391 e. The number of hydrogen-bond donors (Lipinski definition) is 2. The number of hydrogen-bond acceptors (Lipinski definition) is 4. The fourth-order valence-electron chi connectivity index (χ4n) is 1.64. The first-order valence-electron chi connectivity index (χ1n) is 4.78. The summed E-state index contributed by atoms with van der Waals surface area (Å²) in [6, 6.07) is -0.186. The van der Waals surface area contributed by atoms with Crippen LogP contribution in [0.3, 0.4) is 0 Å². The molecule has 0 aliphatic heterocycles. The van der Waals surface area contributed by atoms with E-state index in [1.165, 1.54) is 14.2 Å². The van der Waals surface area contributed by atoms with E-state index in [9.17, 15) is 9.67 Å². The third kappa shape index (κ3) is 3.04. The van der Waals surface area contributed by atoms with Crippen molar-refractivity contribution in [2.24, 2.45) is 0 Å². The smallest absolute Gasteiger partial charge is 0.391 e. The molecule has 1 saturated carbocycles. The summed E-state index contributed by atoms with van der Waals surface area (Å²) in [5, 5.41) is 12.4. The van der Waals surface area contributed by atoms with Gasteiger partial charge < -0.3 is 14.2 Å². The zero-order chi connectivity index (χ0) is 10.6. The molecule has 0 aromatic rings. The lowest BCUT2D eigenvalue weighted by Gasteiger charge is -2.30. The fraction of sp³-hybridized carbons (Fsp3) is 1.00. The molecular formula is C8H18NO4P. The van der Waals surface area contributed by atoms with Crippen molar-refractivity contribution in [1.82, 2.24) is 5.09 Å². The van der Waals surface area contributed by atoms with E-state index in [4.69, 9.17) is 9.05 Å². The van der Waals surface area contributed by atoms with Crippen LogP contribution in [0.5, 0.6) is 0 Å². The van der Waals surface area contributed by atoms with Gasteiger partial charge in [0.1, 0.15) is 0 Å². The van der Waals surface area contributed by atoms with Gasteiger partial charge in [-0.15, -0.1) is 0 Å². The van der Waals surface area contributed by atoms with Gasteiger partial charge in [-0.1, -0.05) is 12.8 Å². The van der Waals surface area contributed by atoms with Gasteiger partial charge >= 0.3 is 7.75 Å². The molecule has 0 radical (unpaired) electrons. The van der Waals surface area contributed by atoms with Crippen molar-refractivity contribution in [3.63, 3.8) is 0 Å². The summed E-state index contributed by atoms with van der Waals surface area (Å²) in [6.45, 7) is 0. The van der Waals surface area contributed by atoms with Crippen molar-refractivity contribution in [2.75, 3.05) is 14.2 Å². The van der Waals surface area contributed by atoms with Gasteiger partial charge in [0.15, 0.2) is 0 Å². The maximum atomic E-state index is 11.7. The molecule has 6 heteroatoms. The highest BCUT2D eigenvalue weighted by molar-refractivity contribution is 7.51. The second-order valence-electron chi connectivity index (χ2n) is 3.45. The monoisotopic (exact) mass is 223 g/mol. The van der Waals surface area contributed by atoms with Crippen LogP contribution in [0.25, 0.3) is 0 Å². The van der Waals surface area contributed by atoms with Gasteiger partial charge in [-0.25, -0.2) is 9.65 Å². The molecule has 0 amide bonds. The van der Waals surface area contributed by atoms with E-state index in [1.54, 1.807) is 0 Å². The third-order valence-electron chi connectivity index (χ3n) is 2.53. The molecule has 0 saturated heterocycles. The molecule has 2 N–H and O–H groups in total. The first kappa shape index (κ1) is 12.1. The average molecular weight is 223 g/mol. The molecule has 14 heavy (non-hydrogen) atoms. The average Bonchev–Trinajstić information content (AvgIpc) is 2.21. The number of nitrogens with one attached hydrogen (secondary N) is 1. The first-order valence-corrected chi connectivity index (χ1v) is 6.33. The molecule has 2 atom stereocenters. The van der Waals surface area contributed by atoms with Crippen LogP contribution in [-0.4, -0.2) is 31.5 Å². The summed E-state index contributed by atoms with van der Waals surface area (Å²) in [5.74, 6) is 0. The molecule has 1 fully saturated rings. The topological polar surface area (TPSA) is 67.8 Å². The molecule has 1 aliphatic carbocycles. The molecule has 5 nitrogen and oxygen atoms in total. The Morgan fingerprint density at radius 1 is 1.29 bits per heavy atom. The summed E-state index contributed by atoms with van der Waals surface area (Å²) >= 11 is 0. The van der Waals surface area contributed by atoms with E-state index in [0.717, 1.165) is 25.7 Å². The largest absolute Gasteiger partial charge is 0.405 e. The molecule has 0 spiro atoms. The van der Waals surface area contributed by atoms with Gasteiger partial charge in [-0.2, -0.15) is 0 Å². The van der Waals surface area contributed by atoms with Crippen LogP contribution in [0.2, 0.25) is 0 Å². The molecule has 2 unspecified atom stereocenters. The number of aliphatic hydroxyl groups excluding tert-OH is 1. The lowest BCUT2D eigenvalue weighted by Crippen LogP contribution is -2.40. The third-order valence-corrected chi connectivity index (χ3v) is 4.14. The maximum absolute atomic E-state index is 11.7. The normalized spacial score (nSPS) is 29.1. The summed E-state index contributed by atoms with van der Waals surface area (Å²) in [5.41, 5.74) is 0. The van der Waals surface area contributed by atoms with Crippen molar-refractivity contribution in [2.45, 2.75) is 37.8 Å². The van der Waals surface area contributed by atoms with Crippen LogP contribution in [0.1, 0.15) is 25.7 Å². The summed E-state index contributed by atoms with van der Waals surface area (Å²) < 4.78 is 21.2. The quantitative estimate of drug-likeness (QED) is 0.703. The van der Waals surface area contributed by atoms with E-state index >= 15 is 0 Å². The zero-order valence-electron chi connectivity index (χ0n) is 8.60. The van der Waals surface area contributed by atoms with Gasteiger partial charge in [0, 0.05) is 20.3 Å². The Kier molecular flexibility index (Phi) is 4.54. The Balaban J connectivity index is 2.52. The van der Waals surface area contributed by atoms with Crippen molar-refractivity contribution in [3.05, 3.63) is 0 Å². The van der Waals surface area contributed by atoms with Crippen LogP contribution in [0.4, 0.5) is 0 Å². The zero-order valence-corrected chi connectivity index (χ0v) is 9.50. The molecule has 0 heterocycles. The predicted molar refractivity (Wildman–Crippen MR) is 53.0 cm³/mol. The van der Waals surface area contributed by atoms with Gasteiger partial charge in [0.25, 0.3) is 0 Å². The van der Waals surface area contributed by atoms with Crippen LogP contribution in [0, 0.1) is 0 Å². The Hall–Kier alpha value is 0.0700. The van der Waals surface area contributed by atoms with E-state index in [-0.39, 0.29) is 6.04 Å². The Labute approximate surface area is 84.4 Å². The SMILES string of the molecule is COP(=O)(NC1CCCCC1O)OC. The number of aliphatic hydroxyl groups is 1.